The number of nitrogens with zero attached hydrogens (tertiary/aromatic N) is 3. The second-order valence-corrected chi connectivity index (χ2v) is 30.6. The summed E-state index contributed by atoms with van der Waals surface area (Å²) < 4.78 is 0. The summed E-state index contributed by atoms with van der Waals surface area (Å²) >= 11 is 0. The van der Waals surface area contributed by atoms with Crippen LogP contribution >= 0.6 is 0 Å². The van der Waals surface area contributed by atoms with E-state index in [4.69, 9.17) is 15.0 Å². The molecule has 7 aromatic rings. The summed E-state index contributed by atoms with van der Waals surface area (Å²) in [4.78, 5) is 15.2. The monoisotopic (exact) mass is 815 g/mol. The molecule has 0 amide bonds. The van der Waals surface area contributed by atoms with Crippen LogP contribution in [0.3, 0.4) is 0 Å². The van der Waals surface area contributed by atoms with Gasteiger partial charge in [0.1, 0.15) is 0 Å². The SMILES string of the molecule is C[Si](C)(C)c1ccc(-c2nc(-c3ccc(-c4cccc(-c5cccc(-c6cccc(C78CC9CC(CC(C9)C7)C8)c6)c5)c4)cc3)nc(-c3ccc([Si](C)(C)C)cc3)n2)cc1. The third-order valence-electron chi connectivity index (χ3n) is 14.0. The van der Waals surface area contributed by atoms with Crippen molar-refractivity contribution in [1.82, 2.24) is 15.0 Å². The predicted molar refractivity (Wildman–Crippen MR) is 258 cm³/mol. The molecule has 0 aliphatic heterocycles. The molecule has 3 nitrogen and oxygen atoms in total. The van der Waals surface area contributed by atoms with Crippen molar-refractivity contribution >= 4 is 26.5 Å². The molecule has 0 unspecified atom stereocenters. The molecule has 300 valence electrons. The zero-order valence-electron chi connectivity index (χ0n) is 36.2. The van der Waals surface area contributed by atoms with E-state index in [1.165, 1.54) is 82.3 Å². The van der Waals surface area contributed by atoms with E-state index in [0.717, 1.165) is 34.4 Å². The van der Waals surface area contributed by atoms with Crippen LogP contribution in [-0.4, -0.2) is 31.1 Å². The van der Waals surface area contributed by atoms with Gasteiger partial charge >= 0.3 is 0 Å². The van der Waals surface area contributed by atoms with Gasteiger partial charge in [-0.3, -0.25) is 0 Å². The molecule has 1 aromatic heterocycles. The Morgan fingerprint density at radius 1 is 0.367 bits per heavy atom. The van der Waals surface area contributed by atoms with Gasteiger partial charge in [-0.25, -0.2) is 15.0 Å². The van der Waals surface area contributed by atoms with Crippen LogP contribution < -0.4 is 10.4 Å². The molecular weight excluding hydrogens is 759 g/mol. The lowest BCUT2D eigenvalue weighted by atomic mass is 9.48. The molecule has 4 saturated carbocycles. The number of aromatic nitrogens is 3. The van der Waals surface area contributed by atoms with Crippen molar-refractivity contribution in [1.29, 1.82) is 0 Å². The third-order valence-corrected chi connectivity index (χ3v) is 18.2. The van der Waals surface area contributed by atoms with Gasteiger partial charge in [0, 0.05) is 16.7 Å². The van der Waals surface area contributed by atoms with Gasteiger partial charge in [-0.2, -0.15) is 0 Å². The Balaban J connectivity index is 0.937. The highest BCUT2D eigenvalue weighted by molar-refractivity contribution is 6.89. The smallest absolute Gasteiger partial charge is 0.164 e. The van der Waals surface area contributed by atoms with E-state index >= 15 is 0 Å². The first-order valence-electron chi connectivity index (χ1n) is 22.3. The molecule has 0 atom stereocenters. The van der Waals surface area contributed by atoms with Crippen LogP contribution in [0.1, 0.15) is 44.1 Å². The first-order chi connectivity index (χ1) is 28.8. The first kappa shape index (κ1) is 38.9. The summed E-state index contributed by atoms with van der Waals surface area (Å²) in [5, 5.41) is 2.85. The van der Waals surface area contributed by atoms with E-state index in [2.05, 4.69) is 185 Å². The van der Waals surface area contributed by atoms with Gasteiger partial charge < -0.3 is 0 Å². The Morgan fingerprint density at radius 3 is 1.07 bits per heavy atom. The molecule has 0 saturated heterocycles. The molecule has 0 radical (unpaired) electrons. The number of hydrogen-bond donors (Lipinski definition) is 0. The topological polar surface area (TPSA) is 38.7 Å². The van der Waals surface area contributed by atoms with Crippen molar-refractivity contribution in [2.24, 2.45) is 17.8 Å². The molecule has 60 heavy (non-hydrogen) atoms. The zero-order chi connectivity index (χ0) is 41.2. The van der Waals surface area contributed by atoms with Gasteiger partial charge in [-0.15, -0.1) is 0 Å². The first-order valence-corrected chi connectivity index (χ1v) is 29.3. The molecule has 1 heterocycles. The summed E-state index contributed by atoms with van der Waals surface area (Å²) in [6.07, 6.45) is 8.63. The normalized spacial score (nSPS) is 21.0. The predicted octanol–water partition coefficient (Wildman–Crippen LogP) is 13.4. The average Bonchev–Trinajstić information content (AvgIpc) is 3.25. The van der Waals surface area contributed by atoms with E-state index < -0.39 is 16.1 Å². The highest BCUT2D eigenvalue weighted by Gasteiger charge is 2.51. The van der Waals surface area contributed by atoms with Crippen molar-refractivity contribution in [3.63, 3.8) is 0 Å². The van der Waals surface area contributed by atoms with Crippen molar-refractivity contribution in [2.75, 3.05) is 0 Å². The van der Waals surface area contributed by atoms with E-state index in [1.54, 1.807) is 5.56 Å². The highest BCUT2D eigenvalue weighted by Crippen LogP contribution is 2.61. The maximum absolute atomic E-state index is 5.09. The summed E-state index contributed by atoms with van der Waals surface area (Å²) in [6.45, 7) is 14.3. The van der Waals surface area contributed by atoms with E-state index in [9.17, 15) is 0 Å². The molecule has 0 N–H and O–H groups in total. The minimum atomic E-state index is -1.44. The van der Waals surface area contributed by atoms with E-state index in [1.807, 2.05) is 0 Å². The van der Waals surface area contributed by atoms with Crippen LogP contribution in [0.4, 0.5) is 0 Å². The second kappa shape index (κ2) is 15.0. The van der Waals surface area contributed by atoms with Crippen molar-refractivity contribution in [3.8, 4) is 67.5 Å². The highest BCUT2D eigenvalue weighted by atomic mass is 28.3. The molecule has 11 rings (SSSR count). The van der Waals surface area contributed by atoms with Crippen LogP contribution in [0.25, 0.3) is 67.5 Å². The molecule has 5 heteroatoms. The molecule has 4 aliphatic carbocycles. The van der Waals surface area contributed by atoms with Crippen LogP contribution in [0.2, 0.25) is 39.3 Å². The molecule has 4 fully saturated rings. The fraction of sp³-hybridized carbons (Fsp3) is 0.291. The second-order valence-electron chi connectivity index (χ2n) is 20.5. The Hall–Kier alpha value is -5.24. The summed E-state index contributed by atoms with van der Waals surface area (Å²) in [6, 6.07) is 54.2. The molecular formula is C55H57N3Si2. The Morgan fingerprint density at radius 2 is 0.683 bits per heavy atom. The number of hydrogen-bond acceptors (Lipinski definition) is 3. The number of benzene rings is 6. The van der Waals surface area contributed by atoms with Crippen LogP contribution in [0.15, 0.2) is 146 Å². The van der Waals surface area contributed by atoms with Crippen molar-refractivity contribution in [2.45, 2.75) is 83.2 Å². The van der Waals surface area contributed by atoms with Crippen LogP contribution in [0, 0.1) is 17.8 Å². The van der Waals surface area contributed by atoms with Gasteiger partial charge in [0.25, 0.3) is 0 Å². The number of rotatable bonds is 9. The summed E-state index contributed by atoms with van der Waals surface area (Å²) in [7, 11) is -2.88. The van der Waals surface area contributed by atoms with Gasteiger partial charge in [0.15, 0.2) is 17.5 Å². The fourth-order valence-electron chi connectivity index (χ4n) is 11.1. The minimum Gasteiger partial charge on any atom is -0.208 e. The van der Waals surface area contributed by atoms with E-state index in [-0.39, 0.29) is 0 Å². The van der Waals surface area contributed by atoms with Crippen molar-refractivity contribution in [3.05, 3.63) is 151 Å². The largest absolute Gasteiger partial charge is 0.208 e. The van der Waals surface area contributed by atoms with E-state index in [0.29, 0.717) is 22.9 Å². The Labute approximate surface area is 359 Å². The molecule has 4 bridgehead atoms. The van der Waals surface area contributed by atoms with Crippen molar-refractivity contribution < 1.29 is 0 Å². The lowest BCUT2D eigenvalue weighted by Gasteiger charge is -2.57. The van der Waals surface area contributed by atoms with Gasteiger partial charge in [-0.1, -0.05) is 183 Å². The fourth-order valence-corrected chi connectivity index (χ4v) is 13.4. The maximum Gasteiger partial charge on any atom is 0.164 e. The Bertz CT molecular complexity index is 2570. The lowest BCUT2D eigenvalue weighted by molar-refractivity contribution is -0.00516. The molecule has 6 aromatic carbocycles. The summed E-state index contributed by atoms with van der Waals surface area (Å²) in [5.41, 5.74) is 12.4. The van der Waals surface area contributed by atoms with Gasteiger partial charge in [0.05, 0.1) is 16.1 Å². The lowest BCUT2D eigenvalue weighted by Crippen LogP contribution is -2.48. The minimum absolute atomic E-state index is 0.402. The van der Waals surface area contributed by atoms with Crippen LogP contribution in [-0.2, 0) is 5.41 Å². The third kappa shape index (κ3) is 7.67. The quantitative estimate of drug-likeness (QED) is 0.136. The summed E-state index contributed by atoms with van der Waals surface area (Å²) in [5.74, 6) is 4.92. The van der Waals surface area contributed by atoms with Gasteiger partial charge in [-0.05, 0) is 113 Å². The van der Waals surface area contributed by atoms with Crippen LogP contribution in [0.5, 0.6) is 0 Å². The Kier molecular flexibility index (Phi) is 9.76. The van der Waals surface area contributed by atoms with Gasteiger partial charge in [0.2, 0.25) is 0 Å². The molecule has 4 aliphatic rings. The standard InChI is InChI=1S/C55H57N3Si2/c1-59(2,3)50-24-20-42(21-25-50)53-56-52(57-54(58-53)43-22-26-51(27-23-43)60(4,5)6)41-18-16-40(17-19-41)44-10-7-11-45(31-44)46-12-8-13-47(32-46)48-14-9-15-49(33-48)55-34-37-28-38(35-55)30-39(29-37)36-55/h7-27,31-33,37-39H,28-30,34-36H2,1-6H3. The zero-order valence-corrected chi connectivity index (χ0v) is 38.2. The molecule has 0 spiro atoms. The average molecular weight is 816 g/mol. The maximum atomic E-state index is 5.09.